The maximum absolute atomic E-state index is 12.5. The Morgan fingerprint density at radius 1 is 0.429 bits per heavy atom. The first kappa shape index (κ1) is 90.6. The molecule has 3 aliphatic rings. The molecule has 0 saturated heterocycles. The number of amides is 9. The number of urea groups is 3. The number of primary amides is 3. The van der Waals surface area contributed by atoms with E-state index in [0.717, 1.165) is 31.3 Å². The number of thiophene rings is 3. The summed E-state index contributed by atoms with van der Waals surface area (Å²) in [5, 5.41) is 23.4. The fourth-order valence-electron chi connectivity index (χ4n) is 11.1. The van der Waals surface area contributed by atoms with Crippen LogP contribution in [0.4, 0.5) is 46.4 Å². The molecule has 0 spiro atoms. The first-order chi connectivity index (χ1) is 38.3. The van der Waals surface area contributed by atoms with E-state index in [-0.39, 0.29) is 164 Å². The average molecular weight is 1610 g/mol. The summed E-state index contributed by atoms with van der Waals surface area (Å²) in [5.74, 6) is -1.60. The standard InChI is InChI=1S/2C20H25ClN4O2S.C19H23ClN4O2S.CH4.ClH.6V/c2*1-19(2)10-13-14(16(22)26)17(28-15(13)20(3,4)25(19)5)24-18(27)23-12-8-6-11(21)7-9-12;1-18(2)9-12-13(15(21)25)16(27-14(12)19(3,4)24-18)23-17(26)22-11-7-5-10(20)6-8-11;;;;;;;;/h2*6-9H,10H2,1-5H3,(H2,22,26)(H2,23,24,27);5-8,24H,9H2,1-4H3,(H2,21,25)(H2,22,23,26);1H4;1H;;;;;;. The van der Waals surface area contributed by atoms with Crippen molar-refractivity contribution in [3.05, 3.63) is 136 Å². The Bertz CT molecular complexity index is 3380. The Balaban J connectivity index is 0. The number of hydrogen-bond acceptors (Lipinski definition) is 12. The van der Waals surface area contributed by atoms with E-state index in [9.17, 15) is 28.8 Å². The van der Waals surface area contributed by atoms with Gasteiger partial charge in [0.2, 0.25) is 0 Å². The summed E-state index contributed by atoms with van der Waals surface area (Å²) in [6.07, 6.45) is 2.01. The number of carbonyl (C=O) groups excluding carboxylic acids is 6. The number of nitrogens with two attached hydrogens (primary N) is 3. The van der Waals surface area contributed by atoms with Gasteiger partial charge in [-0.3, -0.25) is 40.1 Å². The van der Waals surface area contributed by atoms with Gasteiger partial charge in [-0.1, -0.05) is 42.2 Å². The number of likely N-dealkylation sites (N-methyl/N-ethyl adjacent to an activating group) is 2. The summed E-state index contributed by atoms with van der Waals surface area (Å²) >= 11 is 21.8. The molecule has 9 rings (SSSR count). The van der Waals surface area contributed by atoms with Gasteiger partial charge in [0, 0.05) is 180 Å². The van der Waals surface area contributed by atoms with Crippen molar-refractivity contribution in [2.75, 3.05) is 46.0 Å². The van der Waals surface area contributed by atoms with Gasteiger partial charge in [0.25, 0.3) is 17.7 Å². The first-order valence-corrected chi connectivity index (χ1v) is 30.1. The van der Waals surface area contributed by atoms with Gasteiger partial charge < -0.3 is 38.5 Å². The SMILES string of the molecule is C.CC1(C)Cc2c(sc(NC(=O)Nc3ccc(Cl)cc3)c2C(N)=O)C(C)(C)N1.CN1C(C)(C)Cc2c(sc(NC(=O)Nc3ccc(Cl)cc3)c2C(N)=O)C1(C)C.CN1C(C)(C)Cc2c(sc(NC(=O)Nc3ccc(Cl)cc3)c2C(N)=O)C1(C)C.Cl.[V].[V].[V].[V].[V].[V]. The summed E-state index contributed by atoms with van der Waals surface area (Å²) in [4.78, 5) is 81.8. The van der Waals surface area contributed by atoms with Gasteiger partial charge in [0.1, 0.15) is 15.0 Å². The second-order valence-electron chi connectivity index (χ2n) is 24.2. The smallest absolute Gasteiger partial charge is 0.324 e. The van der Waals surface area contributed by atoms with Gasteiger partial charge in [-0.2, -0.15) is 0 Å². The second-order valence-corrected chi connectivity index (χ2v) is 28.6. The number of fused-ring (bicyclic) bond motifs is 3. The first-order valence-electron chi connectivity index (χ1n) is 26.5. The molecule has 0 atom stereocenters. The van der Waals surface area contributed by atoms with Gasteiger partial charge >= 0.3 is 18.1 Å². The molecule has 13 N–H and O–H groups in total. The van der Waals surface area contributed by atoms with Gasteiger partial charge in [0.05, 0.1) is 27.8 Å². The summed E-state index contributed by atoms with van der Waals surface area (Å²) in [7, 11) is 4.15. The molecular weight excluding hydrogens is 1530 g/mol. The molecule has 9 amide bonds. The summed E-state index contributed by atoms with van der Waals surface area (Å²) < 4.78 is 0. The van der Waals surface area contributed by atoms with Gasteiger partial charge in [-0.25, -0.2) is 14.4 Å². The van der Waals surface area contributed by atoms with Crippen LogP contribution in [0.15, 0.2) is 72.8 Å². The van der Waals surface area contributed by atoms with Crippen LogP contribution in [0.5, 0.6) is 0 Å². The van der Waals surface area contributed by atoms with Gasteiger partial charge in [-0.15, -0.1) is 46.4 Å². The van der Waals surface area contributed by atoms with E-state index in [1.807, 2.05) is 0 Å². The third-order valence-electron chi connectivity index (χ3n) is 15.4. The van der Waals surface area contributed by atoms with Gasteiger partial charge in [-0.05, 0) is 206 Å². The molecular formula is C60H78Cl4N12O6S3V6. The Kier molecular flexibility index (Phi) is 35.0. The van der Waals surface area contributed by atoms with Crippen LogP contribution in [0.2, 0.25) is 15.1 Å². The van der Waals surface area contributed by atoms with Crippen LogP contribution in [0.1, 0.15) is 153 Å². The average Bonchev–Trinajstić information content (AvgIpc) is 1.57. The monoisotopic (exact) mass is 1600 g/mol. The van der Waals surface area contributed by atoms with Crippen molar-refractivity contribution in [1.82, 2.24) is 15.1 Å². The van der Waals surface area contributed by atoms with Crippen molar-refractivity contribution < 1.29 is 140 Å². The molecule has 0 aliphatic carbocycles. The largest absolute Gasteiger partial charge is 0.365 e. The number of carbonyl (C=O) groups is 6. The number of halogens is 4. The van der Waals surface area contributed by atoms with Crippen molar-refractivity contribution >= 4 is 149 Å². The van der Waals surface area contributed by atoms with E-state index in [1.165, 1.54) is 34.0 Å². The summed E-state index contributed by atoms with van der Waals surface area (Å²) in [5.41, 5.74) is 21.4. The van der Waals surface area contributed by atoms with Crippen LogP contribution in [0, 0.1) is 0 Å². The fraction of sp³-hybridized carbons (Fsp3) is 0.400. The molecule has 0 fully saturated rings. The van der Waals surface area contributed by atoms with Crippen LogP contribution < -0.4 is 54.4 Å². The van der Waals surface area contributed by atoms with E-state index < -0.39 is 35.8 Å². The molecule has 18 nitrogen and oxygen atoms in total. The molecule has 31 heteroatoms. The Morgan fingerprint density at radius 3 is 0.923 bits per heavy atom. The molecule has 0 unspecified atom stereocenters. The predicted octanol–water partition coefficient (Wildman–Crippen LogP) is 14.6. The minimum absolute atomic E-state index is 0. The van der Waals surface area contributed by atoms with E-state index in [4.69, 9.17) is 52.0 Å². The molecule has 490 valence electrons. The zero-order valence-corrected chi connectivity index (χ0v) is 66.0. The molecule has 6 heterocycles. The Hall–Kier alpha value is -2.47. The zero-order chi connectivity index (χ0) is 61.7. The Morgan fingerprint density at radius 2 is 0.670 bits per heavy atom. The maximum atomic E-state index is 12.5. The van der Waals surface area contributed by atoms with Crippen molar-refractivity contribution in [1.29, 1.82) is 0 Å². The van der Waals surface area contributed by atoms with Crippen LogP contribution in [0.25, 0.3) is 0 Å². The van der Waals surface area contributed by atoms with Crippen LogP contribution >= 0.6 is 81.2 Å². The molecule has 3 aliphatic heterocycles. The molecule has 6 radical (unpaired) electrons. The number of rotatable bonds is 9. The topological polar surface area (TPSA) is 271 Å². The number of anilines is 6. The number of nitrogens with zero attached hydrogens (tertiary/aromatic N) is 2. The fourth-order valence-corrected chi connectivity index (χ4v) is 15.5. The van der Waals surface area contributed by atoms with Gasteiger partial charge in [0.15, 0.2) is 0 Å². The minimum Gasteiger partial charge on any atom is -0.365 e. The normalized spacial score (nSPS) is 15.9. The molecule has 3 aromatic carbocycles. The predicted molar refractivity (Wildman–Crippen MR) is 356 cm³/mol. The quantitative estimate of drug-likeness (QED) is 0.0658. The summed E-state index contributed by atoms with van der Waals surface area (Å²) in [6, 6.07) is 19.0. The van der Waals surface area contributed by atoms with Crippen molar-refractivity contribution in [2.24, 2.45) is 17.2 Å². The number of hydrogen-bond donors (Lipinski definition) is 10. The number of benzene rings is 3. The Labute approximate surface area is 639 Å². The minimum atomic E-state index is -0.539. The van der Waals surface area contributed by atoms with Crippen LogP contribution in [-0.4, -0.2) is 76.3 Å². The van der Waals surface area contributed by atoms with Crippen molar-refractivity contribution in [2.45, 2.75) is 143 Å². The molecule has 6 aromatic rings. The van der Waals surface area contributed by atoms with E-state index in [1.54, 1.807) is 72.8 Å². The van der Waals surface area contributed by atoms with E-state index >= 15 is 0 Å². The molecule has 3 aromatic heterocycles. The maximum Gasteiger partial charge on any atom is 0.324 e. The molecule has 91 heavy (non-hydrogen) atoms. The van der Waals surface area contributed by atoms with E-state index in [0.29, 0.717) is 83.1 Å². The molecule has 0 saturated carbocycles. The van der Waals surface area contributed by atoms with Crippen LogP contribution in [-0.2, 0) is 147 Å². The second kappa shape index (κ2) is 35.2. The third-order valence-corrected chi connectivity index (χ3v) is 20.6. The van der Waals surface area contributed by atoms with Crippen molar-refractivity contribution in [3.8, 4) is 0 Å². The zero-order valence-electron chi connectivity index (χ0n) is 52.1. The van der Waals surface area contributed by atoms with Crippen molar-refractivity contribution in [3.63, 3.8) is 0 Å². The van der Waals surface area contributed by atoms with E-state index in [2.05, 4.69) is 144 Å². The van der Waals surface area contributed by atoms with Crippen LogP contribution in [0.3, 0.4) is 0 Å². The summed E-state index contributed by atoms with van der Waals surface area (Å²) in [6.45, 7) is 25.3. The third kappa shape index (κ3) is 21.0. The molecule has 0 bridgehead atoms. The number of nitrogens with one attached hydrogen (secondary N) is 7.